The Morgan fingerprint density at radius 3 is 2.59 bits per heavy atom. The van der Waals surface area contributed by atoms with E-state index < -0.39 is 30.7 Å². The monoisotopic (exact) mass is 452 g/mol. The Kier molecular flexibility index (Phi) is 10.3. The smallest absolute Gasteiger partial charge is 0.306 e. The van der Waals surface area contributed by atoms with Gasteiger partial charge in [0.1, 0.15) is 5.75 Å². The molecule has 5 nitrogen and oxygen atoms in total. The predicted octanol–water partition coefficient (Wildman–Crippen LogP) is 4.68. The molecule has 0 spiro atoms. The topological polar surface area (TPSA) is 76.0 Å². The molecule has 2 rings (SSSR count). The summed E-state index contributed by atoms with van der Waals surface area (Å²) in [6.45, 7) is 2.80. The van der Waals surface area contributed by atoms with Crippen LogP contribution in [0.5, 0.6) is 5.75 Å². The molecular formula is C25H34F2O5. The van der Waals surface area contributed by atoms with Crippen LogP contribution in [0.2, 0.25) is 0 Å². The van der Waals surface area contributed by atoms with E-state index in [1.54, 1.807) is 44.2 Å². The summed E-state index contributed by atoms with van der Waals surface area (Å²) < 4.78 is 38.7. The van der Waals surface area contributed by atoms with Crippen molar-refractivity contribution in [3.05, 3.63) is 54.6 Å². The van der Waals surface area contributed by atoms with E-state index in [0.29, 0.717) is 31.4 Å². The number of carbonyl (C=O) groups excluding carboxylic acids is 1. The Balaban J connectivity index is 1.83. The number of halogens is 2. The van der Waals surface area contributed by atoms with Crippen molar-refractivity contribution in [3.63, 3.8) is 0 Å². The molecule has 0 aromatic heterocycles. The van der Waals surface area contributed by atoms with Gasteiger partial charge in [-0.2, -0.15) is 8.78 Å². The van der Waals surface area contributed by atoms with Crippen LogP contribution in [0.25, 0.3) is 0 Å². The molecule has 0 bridgehead atoms. The molecule has 0 amide bonds. The second-order valence-corrected chi connectivity index (χ2v) is 8.47. The minimum atomic E-state index is -3.20. The molecule has 1 aliphatic rings. The lowest BCUT2D eigenvalue weighted by atomic mass is 9.89. The zero-order chi connectivity index (χ0) is 23.6. The first kappa shape index (κ1) is 26.0. The average Bonchev–Trinajstić information content (AvgIpc) is 3.00. The summed E-state index contributed by atoms with van der Waals surface area (Å²) >= 11 is 0. The van der Waals surface area contributed by atoms with Gasteiger partial charge in [-0.15, -0.1) is 0 Å². The van der Waals surface area contributed by atoms with Crippen molar-refractivity contribution in [1.29, 1.82) is 0 Å². The van der Waals surface area contributed by atoms with E-state index in [9.17, 15) is 23.8 Å². The van der Waals surface area contributed by atoms with Gasteiger partial charge in [0.25, 0.3) is 5.92 Å². The summed E-state index contributed by atoms with van der Waals surface area (Å²) in [5.74, 6) is -4.00. The van der Waals surface area contributed by atoms with Gasteiger partial charge in [0.05, 0.1) is 18.3 Å². The minimum absolute atomic E-state index is 0.129. The number of hydrogen-bond acceptors (Lipinski definition) is 5. The number of ether oxygens (including phenoxy) is 2. The van der Waals surface area contributed by atoms with E-state index in [-0.39, 0.29) is 24.4 Å². The molecular weight excluding hydrogens is 418 g/mol. The maximum atomic E-state index is 14.2. The number of alkyl halides is 2. The van der Waals surface area contributed by atoms with Crippen molar-refractivity contribution in [2.75, 3.05) is 6.61 Å². The largest absolute Gasteiger partial charge is 0.487 e. The fourth-order valence-electron chi connectivity index (χ4n) is 3.76. The molecule has 1 fully saturated rings. The van der Waals surface area contributed by atoms with Gasteiger partial charge >= 0.3 is 5.97 Å². The maximum Gasteiger partial charge on any atom is 0.306 e. The van der Waals surface area contributed by atoms with Crippen LogP contribution in [-0.4, -0.2) is 47.0 Å². The molecule has 7 heteroatoms. The van der Waals surface area contributed by atoms with Gasteiger partial charge < -0.3 is 19.7 Å². The predicted molar refractivity (Wildman–Crippen MR) is 118 cm³/mol. The highest BCUT2D eigenvalue weighted by Gasteiger charge is 2.40. The number of aliphatic hydroxyl groups is 2. The normalized spacial score (nSPS) is 24.0. The van der Waals surface area contributed by atoms with Crippen LogP contribution in [-0.2, 0) is 9.53 Å². The SMILES string of the molecule is CC(C)OC(=O)CCCC=CC[C@@H]1[C@@H](/C=C/C(F)(F)COc2ccccc2)[C@H](O)C[C@@H]1O. The Labute approximate surface area is 188 Å². The molecule has 1 aliphatic carbocycles. The summed E-state index contributed by atoms with van der Waals surface area (Å²) in [4.78, 5) is 11.5. The van der Waals surface area contributed by atoms with Gasteiger partial charge in [-0.25, -0.2) is 0 Å². The standard InChI is InChI=1S/C25H34F2O5/c1-18(2)32-24(30)13-9-4-3-8-12-20-21(23(29)16-22(20)28)14-15-25(26,27)17-31-19-10-6-5-7-11-19/h3,5-8,10-11,14-15,18,20-23,28-29H,4,9,12-13,16-17H2,1-2H3/b8-3?,15-14+/t20-,21-,22+,23-/m1/s1. The first-order valence-electron chi connectivity index (χ1n) is 11.1. The van der Waals surface area contributed by atoms with Crippen molar-refractivity contribution in [2.24, 2.45) is 11.8 Å². The number of allylic oxidation sites excluding steroid dienone is 2. The van der Waals surface area contributed by atoms with Crippen molar-refractivity contribution in [3.8, 4) is 5.75 Å². The number of hydrogen-bond donors (Lipinski definition) is 2. The van der Waals surface area contributed by atoms with E-state index in [1.165, 1.54) is 6.08 Å². The number of aliphatic hydroxyl groups excluding tert-OH is 2. The van der Waals surface area contributed by atoms with Crippen LogP contribution in [0.4, 0.5) is 8.78 Å². The molecule has 0 radical (unpaired) electrons. The fourth-order valence-corrected chi connectivity index (χ4v) is 3.76. The minimum Gasteiger partial charge on any atom is -0.487 e. The van der Waals surface area contributed by atoms with Crippen molar-refractivity contribution in [1.82, 2.24) is 0 Å². The van der Waals surface area contributed by atoms with Gasteiger partial charge in [-0.3, -0.25) is 4.79 Å². The van der Waals surface area contributed by atoms with E-state index in [2.05, 4.69) is 0 Å². The number of unbranched alkanes of at least 4 members (excludes halogenated alkanes) is 1. The van der Waals surface area contributed by atoms with Gasteiger partial charge in [-0.05, 0) is 57.2 Å². The third-order valence-corrected chi connectivity index (χ3v) is 5.35. The molecule has 4 atom stereocenters. The van der Waals surface area contributed by atoms with Crippen LogP contribution in [0, 0.1) is 11.8 Å². The number of carbonyl (C=O) groups is 1. The number of para-hydroxylation sites is 1. The van der Waals surface area contributed by atoms with E-state index in [0.717, 1.165) is 6.08 Å². The summed E-state index contributed by atoms with van der Waals surface area (Å²) in [5, 5.41) is 20.5. The summed E-state index contributed by atoms with van der Waals surface area (Å²) in [5.41, 5.74) is 0. The first-order valence-corrected chi connectivity index (χ1v) is 11.1. The lowest BCUT2D eigenvalue weighted by Gasteiger charge is -2.20. The van der Waals surface area contributed by atoms with Crippen LogP contribution in [0.15, 0.2) is 54.6 Å². The number of benzene rings is 1. The van der Waals surface area contributed by atoms with Crippen LogP contribution < -0.4 is 4.74 Å². The Morgan fingerprint density at radius 1 is 1.19 bits per heavy atom. The van der Waals surface area contributed by atoms with E-state index in [4.69, 9.17) is 9.47 Å². The molecule has 0 unspecified atom stereocenters. The summed E-state index contributed by atoms with van der Waals surface area (Å²) in [7, 11) is 0. The third-order valence-electron chi connectivity index (χ3n) is 5.35. The first-order chi connectivity index (χ1) is 15.2. The van der Waals surface area contributed by atoms with Gasteiger partial charge in [0, 0.05) is 18.8 Å². The molecule has 178 valence electrons. The summed E-state index contributed by atoms with van der Waals surface area (Å²) in [6, 6.07) is 8.39. The second kappa shape index (κ2) is 12.7. The second-order valence-electron chi connectivity index (χ2n) is 8.47. The van der Waals surface area contributed by atoms with Gasteiger partial charge in [0.2, 0.25) is 0 Å². The van der Waals surface area contributed by atoms with Crippen molar-refractivity contribution >= 4 is 5.97 Å². The zero-order valence-corrected chi connectivity index (χ0v) is 18.7. The highest BCUT2D eigenvalue weighted by Crippen LogP contribution is 2.37. The highest BCUT2D eigenvalue weighted by atomic mass is 19.3. The number of rotatable bonds is 12. The molecule has 1 aromatic rings. The Bertz CT molecular complexity index is 748. The molecule has 0 saturated heterocycles. The van der Waals surface area contributed by atoms with E-state index >= 15 is 0 Å². The number of esters is 1. The van der Waals surface area contributed by atoms with Gasteiger partial charge in [-0.1, -0.05) is 36.4 Å². The van der Waals surface area contributed by atoms with E-state index in [1.807, 2.05) is 12.2 Å². The van der Waals surface area contributed by atoms with Crippen LogP contribution in [0.1, 0.15) is 46.0 Å². The zero-order valence-electron chi connectivity index (χ0n) is 18.7. The average molecular weight is 453 g/mol. The van der Waals surface area contributed by atoms with Crippen molar-refractivity contribution < 1.29 is 33.3 Å². The molecule has 2 N–H and O–H groups in total. The molecule has 0 aliphatic heterocycles. The lowest BCUT2D eigenvalue weighted by molar-refractivity contribution is -0.147. The fraction of sp³-hybridized carbons (Fsp3) is 0.560. The molecule has 32 heavy (non-hydrogen) atoms. The summed E-state index contributed by atoms with van der Waals surface area (Å²) in [6.07, 6.45) is 6.33. The maximum absolute atomic E-state index is 14.2. The van der Waals surface area contributed by atoms with Crippen LogP contribution in [0.3, 0.4) is 0 Å². The quantitative estimate of drug-likeness (QED) is 0.274. The Morgan fingerprint density at radius 2 is 1.91 bits per heavy atom. The van der Waals surface area contributed by atoms with Gasteiger partial charge in [0.15, 0.2) is 6.61 Å². The van der Waals surface area contributed by atoms with Crippen LogP contribution >= 0.6 is 0 Å². The molecule has 1 saturated carbocycles. The van der Waals surface area contributed by atoms with Crippen molar-refractivity contribution in [2.45, 2.75) is 70.2 Å². The Hall–Kier alpha value is -2.25. The lowest BCUT2D eigenvalue weighted by Crippen LogP contribution is -2.25. The highest BCUT2D eigenvalue weighted by molar-refractivity contribution is 5.69. The molecule has 1 aromatic carbocycles. The molecule has 0 heterocycles. The third kappa shape index (κ3) is 9.09.